The monoisotopic (exact) mass is 132 g/mol. The van der Waals surface area contributed by atoms with Crippen LogP contribution in [0.1, 0.15) is 12.8 Å². The van der Waals surface area contributed by atoms with Gasteiger partial charge >= 0.3 is 0 Å². The standard InChI is InChI=1S/C6H12O3/c1-8-5-2-3-6(7)9-4-5/h5-7H,2-4H2,1H3/t5-,6?/m0/s1. The molecule has 1 aliphatic heterocycles. The van der Waals surface area contributed by atoms with E-state index < -0.39 is 6.29 Å². The molecule has 0 amide bonds. The summed E-state index contributed by atoms with van der Waals surface area (Å²) < 4.78 is 9.92. The van der Waals surface area contributed by atoms with Gasteiger partial charge in [-0.2, -0.15) is 0 Å². The average molecular weight is 132 g/mol. The van der Waals surface area contributed by atoms with Gasteiger partial charge in [0.05, 0.1) is 12.7 Å². The Balaban J connectivity index is 2.18. The van der Waals surface area contributed by atoms with Gasteiger partial charge in [-0.05, 0) is 6.42 Å². The van der Waals surface area contributed by atoms with Crippen molar-refractivity contribution in [3.05, 3.63) is 0 Å². The molecular formula is C6H12O3. The van der Waals surface area contributed by atoms with Gasteiger partial charge < -0.3 is 14.6 Å². The highest BCUT2D eigenvalue weighted by atomic mass is 16.6. The summed E-state index contributed by atoms with van der Waals surface area (Å²) in [6.07, 6.45) is 1.22. The number of aliphatic hydroxyl groups is 1. The summed E-state index contributed by atoms with van der Waals surface area (Å²) in [5, 5.41) is 8.84. The fraction of sp³-hybridized carbons (Fsp3) is 1.00. The van der Waals surface area contributed by atoms with Gasteiger partial charge in [-0.1, -0.05) is 0 Å². The second-order valence-electron chi connectivity index (χ2n) is 2.22. The van der Waals surface area contributed by atoms with E-state index in [0.29, 0.717) is 13.0 Å². The van der Waals surface area contributed by atoms with E-state index in [9.17, 15) is 0 Å². The van der Waals surface area contributed by atoms with Crippen molar-refractivity contribution in [2.75, 3.05) is 13.7 Å². The van der Waals surface area contributed by atoms with Crippen LogP contribution < -0.4 is 0 Å². The van der Waals surface area contributed by atoms with Crippen LogP contribution in [0.15, 0.2) is 0 Å². The van der Waals surface area contributed by atoms with Crippen molar-refractivity contribution in [2.24, 2.45) is 0 Å². The summed E-state index contributed by atoms with van der Waals surface area (Å²) in [5.41, 5.74) is 0. The van der Waals surface area contributed by atoms with Crippen molar-refractivity contribution in [3.63, 3.8) is 0 Å². The molecule has 1 fully saturated rings. The summed E-state index contributed by atoms with van der Waals surface area (Å²) in [7, 11) is 1.66. The van der Waals surface area contributed by atoms with E-state index in [-0.39, 0.29) is 6.10 Å². The zero-order valence-corrected chi connectivity index (χ0v) is 5.54. The topological polar surface area (TPSA) is 38.7 Å². The molecule has 1 unspecified atom stereocenters. The lowest BCUT2D eigenvalue weighted by molar-refractivity contribution is -0.161. The highest BCUT2D eigenvalue weighted by Gasteiger charge is 2.18. The first kappa shape index (κ1) is 6.99. The fourth-order valence-corrected chi connectivity index (χ4v) is 0.899. The molecule has 0 radical (unpaired) electrons. The number of methoxy groups -OCH3 is 1. The van der Waals surface area contributed by atoms with E-state index in [4.69, 9.17) is 14.6 Å². The molecule has 0 spiro atoms. The molecule has 0 aliphatic carbocycles. The maximum atomic E-state index is 8.84. The van der Waals surface area contributed by atoms with Gasteiger partial charge in [0.25, 0.3) is 0 Å². The van der Waals surface area contributed by atoms with Gasteiger partial charge in [0.15, 0.2) is 6.29 Å². The Morgan fingerprint density at radius 3 is 2.78 bits per heavy atom. The Morgan fingerprint density at radius 1 is 1.56 bits per heavy atom. The molecule has 0 bridgehead atoms. The van der Waals surface area contributed by atoms with Crippen LogP contribution in [0.25, 0.3) is 0 Å². The highest BCUT2D eigenvalue weighted by Crippen LogP contribution is 2.12. The SMILES string of the molecule is CO[C@H]1CCC(O)OC1. The molecule has 54 valence electrons. The Bertz CT molecular complexity index is 76.4. The highest BCUT2D eigenvalue weighted by molar-refractivity contribution is 4.62. The van der Waals surface area contributed by atoms with Crippen molar-refractivity contribution < 1.29 is 14.6 Å². The van der Waals surface area contributed by atoms with E-state index in [1.807, 2.05) is 0 Å². The second kappa shape index (κ2) is 3.15. The molecule has 1 N–H and O–H groups in total. The van der Waals surface area contributed by atoms with E-state index in [1.165, 1.54) is 0 Å². The number of hydrogen-bond acceptors (Lipinski definition) is 3. The molecular weight excluding hydrogens is 120 g/mol. The third kappa shape index (κ3) is 1.93. The molecule has 0 saturated carbocycles. The predicted octanol–water partition coefficient (Wildman–Crippen LogP) is 0.130. The second-order valence-corrected chi connectivity index (χ2v) is 2.22. The van der Waals surface area contributed by atoms with Crippen LogP contribution in [0, 0.1) is 0 Å². The summed E-state index contributed by atoms with van der Waals surface area (Å²) in [5.74, 6) is 0. The summed E-state index contributed by atoms with van der Waals surface area (Å²) in [4.78, 5) is 0. The fourth-order valence-electron chi connectivity index (χ4n) is 0.899. The third-order valence-electron chi connectivity index (χ3n) is 1.54. The van der Waals surface area contributed by atoms with Gasteiger partial charge in [0, 0.05) is 13.5 Å². The maximum Gasteiger partial charge on any atom is 0.154 e. The number of rotatable bonds is 1. The van der Waals surface area contributed by atoms with Gasteiger partial charge in [0.2, 0.25) is 0 Å². The van der Waals surface area contributed by atoms with E-state index in [2.05, 4.69) is 0 Å². The van der Waals surface area contributed by atoms with Crippen molar-refractivity contribution in [2.45, 2.75) is 25.2 Å². The summed E-state index contributed by atoms with van der Waals surface area (Å²) in [6.45, 7) is 0.525. The Morgan fingerprint density at radius 2 is 2.33 bits per heavy atom. The molecule has 3 nitrogen and oxygen atoms in total. The molecule has 1 heterocycles. The number of hydrogen-bond donors (Lipinski definition) is 1. The van der Waals surface area contributed by atoms with Gasteiger partial charge in [0.1, 0.15) is 0 Å². The summed E-state index contributed by atoms with van der Waals surface area (Å²) >= 11 is 0. The minimum atomic E-state index is -0.559. The van der Waals surface area contributed by atoms with Crippen LogP contribution in [-0.2, 0) is 9.47 Å². The molecule has 9 heavy (non-hydrogen) atoms. The normalized spacial score (nSPS) is 36.7. The van der Waals surface area contributed by atoms with E-state index in [1.54, 1.807) is 7.11 Å². The van der Waals surface area contributed by atoms with Crippen molar-refractivity contribution >= 4 is 0 Å². The quantitative estimate of drug-likeness (QED) is 0.551. The molecule has 1 saturated heterocycles. The molecule has 1 rings (SSSR count). The first-order chi connectivity index (χ1) is 4.33. The first-order valence-electron chi connectivity index (χ1n) is 3.15. The Kier molecular flexibility index (Phi) is 2.45. The van der Waals surface area contributed by atoms with Crippen LogP contribution in [0.2, 0.25) is 0 Å². The smallest absolute Gasteiger partial charge is 0.154 e. The van der Waals surface area contributed by atoms with Crippen LogP contribution in [0.4, 0.5) is 0 Å². The van der Waals surface area contributed by atoms with Crippen molar-refractivity contribution in [1.29, 1.82) is 0 Å². The lowest BCUT2D eigenvalue weighted by Crippen LogP contribution is -2.30. The largest absolute Gasteiger partial charge is 0.379 e. The first-order valence-corrected chi connectivity index (χ1v) is 3.15. The average Bonchev–Trinajstić information content (AvgIpc) is 1.90. The summed E-state index contributed by atoms with van der Waals surface area (Å²) in [6, 6.07) is 0. The minimum absolute atomic E-state index is 0.188. The molecule has 2 atom stereocenters. The van der Waals surface area contributed by atoms with Crippen LogP contribution in [0.5, 0.6) is 0 Å². The lowest BCUT2D eigenvalue weighted by Gasteiger charge is -2.24. The molecule has 0 aromatic carbocycles. The number of ether oxygens (including phenoxy) is 2. The van der Waals surface area contributed by atoms with Gasteiger partial charge in [-0.25, -0.2) is 0 Å². The van der Waals surface area contributed by atoms with Gasteiger partial charge in [-0.15, -0.1) is 0 Å². The van der Waals surface area contributed by atoms with E-state index >= 15 is 0 Å². The predicted molar refractivity (Wildman–Crippen MR) is 32.0 cm³/mol. The molecule has 1 aliphatic rings. The number of aliphatic hydroxyl groups excluding tert-OH is 1. The molecule has 0 aromatic rings. The Labute approximate surface area is 54.6 Å². The zero-order valence-electron chi connectivity index (χ0n) is 5.54. The lowest BCUT2D eigenvalue weighted by atomic mass is 10.1. The van der Waals surface area contributed by atoms with Gasteiger partial charge in [-0.3, -0.25) is 0 Å². The zero-order chi connectivity index (χ0) is 6.69. The van der Waals surface area contributed by atoms with Crippen LogP contribution in [-0.4, -0.2) is 31.2 Å². The Hall–Kier alpha value is -0.120. The van der Waals surface area contributed by atoms with Crippen molar-refractivity contribution in [3.8, 4) is 0 Å². The third-order valence-corrected chi connectivity index (χ3v) is 1.54. The van der Waals surface area contributed by atoms with E-state index in [0.717, 1.165) is 6.42 Å². The van der Waals surface area contributed by atoms with Crippen LogP contribution >= 0.6 is 0 Å². The minimum Gasteiger partial charge on any atom is -0.379 e. The molecule has 3 heteroatoms. The van der Waals surface area contributed by atoms with Crippen LogP contribution in [0.3, 0.4) is 0 Å². The molecule has 0 aromatic heterocycles. The van der Waals surface area contributed by atoms with Crippen molar-refractivity contribution in [1.82, 2.24) is 0 Å². The maximum absolute atomic E-state index is 8.84.